The molecule has 0 unspecified atom stereocenters. The lowest BCUT2D eigenvalue weighted by molar-refractivity contribution is -0.119. The van der Waals surface area contributed by atoms with Crippen LogP contribution in [0.2, 0.25) is 5.02 Å². The standard InChI is InChI=1S/C21H22ClN3O2S/c22-17-8-4-15(5-9-17)14-19(26)24-21(28)23-18-10-6-16(7-11-18)20(27)25-12-2-1-3-13-25/h4-11H,1-3,12-14H2,(H2,23,24,26,28). The Kier molecular flexibility index (Phi) is 7.01. The van der Waals surface area contributed by atoms with Crippen molar-refractivity contribution in [2.24, 2.45) is 0 Å². The van der Waals surface area contributed by atoms with E-state index in [9.17, 15) is 9.59 Å². The van der Waals surface area contributed by atoms with Crippen LogP contribution >= 0.6 is 23.8 Å². The first-order valence-electron chi connectivity index (χ1n) is 9.26. The smallest absolute Gasteiger partial charge is 0.253 e. The molecular formula is C21H22ClN3O2S. The van der Waals surface area contributed by atoms with E-state index in [-0.39, 0.29) is 23.3 Å². The highest BCUT2D eigenvalue weighted by molar-refractivity contribution is 7.80. The zero-order valence-electron chi connectivity index (χ0n) is 15.4. The number of amides is 2. The van der Waals surface area contributed by atoms with E-state index >= 15 is 0 Å². The van der Waals surface area contributed by atoms with Gasteiger partial charge in [-0.1, -0.05) is 23.7 Å². The minimum absolute atomic E-state index is 0.0603. The van der Waals surface area contributed by atoms with Gasteiger partial charge in [0, 0.05) is 29.4 Å². The fraction of sp³-hybridized carbons (Fsp3) is 0.286. The Morgan fingerprint density at radius 1 is 0.964 bits per heavy atom. The molecule has 0 spiro atoms. The van der Waals surface area contributed by atoms with E-state index < -0.39 is 0 Å². The number of piperidine rings is 1. The van der Waals surface area contributed by atoms with Gasteiger partial charge in [-0.05, 0) is 73.4 Å². The van der Waals surface area contributed by atoms with E-state index in [1.807, 2.05) is 4.90 Å². The summed E-state index contributed by atoms with van der Waals surface area (Å²) in [7, 11) is 0. The van der Waals surface area contributed by atoms with Gasteiger partial charge in [0.05, 0.1) is 6.42 Å². The highest BCUT2D eigenvalue weighted by Crippen LogP contribution is 2.15. The van der Waals surface area contributed by atoms with Crippen molar-refractivity contribution in [2.75, 3.05) is 18.4 Å². The van der Waals surface area contributed by atoms with E-state index in [1.54, 1.807) is 48.5 Å². The summed E-state index contributed by atoms with van der Waals surface area (Å²) in [6.07, 6.45) is 3.53. The van der Waals surface area contributed by atoms with E-state index in [1.165, 1.54) is 6.42 Å². The van der Waals surface area contributed by atoms with Crippen molar-refractivity contribution < 1.29 is 9.59 Å². The predicted octanol–water partition coefficient (Wildman–Crippen LogP) is 4.02. The quantitative estimate of drug-likeness (QED) is 0.740. The van der Waals surface area contributed by atoms with Gasteiger partial charge in [0.25, 0.3) is 5.91 Å². The van der Waals surface area contributed by atoms with E-state index in [0.717, 1.165) is 31.5 Å². The number of nitrogens with zero attached hydrogens (tertiary/aromatic N) is 1. The molecular weight excluding hydrogens is 394 g/mol. The molecule has 1 heterocycles. The van der Waals surface area contributed by atoms with Crippen LogP contribution < -0.4 is 10.6 Å². The molecule has 0 radical (unpaired) electrons. The van der Waals surface area contributed by atoms with Gasteiger partial charge in [-0.15, -0.1) is 0 Å². The van der Waals surface area contributed by atoms with Gasteiger partial charge in [-0.2, -0.15) is 0 Å². The van der Waals surface area contributed by atoms with E-state index in [2.05, 4.69) is 10.6 Å². The SMILES string of the molecule is O=C(Cc1ccc(Cl)cc1)NC(=S)Nc1ccc(C(=O)N2CCCCC2)cc1. The van der Waals surface area contributed by atoms with Gasteiger partial charge in [0.1, 0.15) is 0 Å². The number of carbonyl (C=O) groups is 2. The molecule has 146 valence electrons. The van der Waals surface area contributed by atoms with Gasteiger partial charge in [0.15, 0.2) is 5.11 Å². The molecule has 2 aromatic rings. The molecule has 0 aliphatic carbocycles. The van der Waals surface area contributed by atoms with Crippen LogP contribution in [0.1, 0.15) is 35.2 Å². The van der Waals surface area contributed by atoms with Crippen LogP contribution in [0, 0.1) is 0 Å². The zero-order valence-corrected chi connectivity index (χ0v) is 17.0. The normalized spacial score (nSPS) is 13.7. The van der Waals surface area contributed by atoms with Gasteiger partial charge in [0.2, 0.25) is 5.91 Å². The van der Waals surface area contributed by atoms with Gasteiger partial charge >= 0.3 is 0 Å². The first-order chi connectivity index (χ1) is 13.5. The van der Waals surface area contributed by atoms with Crippen LogP contribution in [0.4, 0.5) is 5.69 Å². The Hall–Kier alpha value is -2.44. The van der Waals surface area contributed by atoms with Crippen molar-refractivity contribution in [1.29, 1.82) is 0 Å². The Labute approximate surface area is 175 Å². The van der Waals surface area contributed by atoms with Crippen molar-refractivity contribution >= 4 is 46.4 Å². The molecule has 0 bridgehead atoms. The summed E-state index contributed by atoms with van der Waals surface area (Å²) in [6.45, 7) is 1.64. The molecule has 1 aliphatic heterocycles. The van der Waals surface area contributed by atoms with E-state index in [4.69, 9.17) is 23.8 Å². The first-order valence-corrected chi connectivity index (χ1v) is 10.0. The van der Waals surface area contributed by atoms with Crippen LogP contribution in [0.15, 0.2) is 48.5 Å². The molecule has 28 heavy (non-hydrogen) atoms. The Morgan fingerprint density at radius 3 is 2.25 bits per heavy atom. The average molecular weight is 416 g/mol. The molecule has 0 saturated carbocycles. The third kappa shape index (κ3) is 5.78. The number of benzene rings is 2. The second-order valence-corrected chi connectivity index (χ2v) is 7.58. The minimum Gasteiger partial charge on any atom is -0.339 e. The van der Waals surface area contributed by atoms with Crippen molar-refractivity contribution in [1.82, 2.24) is 10.2 Å². The molecule has 3 rings (SSSR count). The number of hydrogen-bond donors (Lipinski definition) is 2. The molecule has 0 aromatic heterocycles. The second-order valence-electron chi connectivity index (χ2n) is 6.74. The summed E-state index contributed by atoms with van der Waals surface area (Å²) < 4.78 is 0. The van der Waals surface area contributed by atoms with Crippen molar-refractivity contribution in [3.05, 3.63) is 64.7 Å². The Balaban J connectivity index is 1.50. The molecule has 2 amide bonds. The summed E-state index contributed by atoms with van der Waals surface area (Å²) in [6, 6.07) is 14.2. The molecule has 0 atom stereocenters. The summed E-state index contributed by atoms with van der Waals surface area (Å²) in [5, 5.41) is 6.47. The fourth-order valence-electron chi connectivity index (χ4n) is 3.10. The van der Waals surface area contributed by atoms with Crippen molar-refractivity contribution in [3.63, 3.8) is 0 Å². The summed E-state index contributed by atoms with van der Waals surface area (Å²) in [4.78, 5) is 26.5. The molecule has 1 saturated heterocycles. The summed E-state index contributed by atoms with van der Waals surface area (Å²) in [5.74, 6) is -0.151. The number of thiocarbonyl (C=S) groups is 1. The zero-order chi connectivity index (χ0) is 19.9. The largest absolute Gasteiger partial charge is 0.339 e. The van der Waals surface area contributed by atoms with Crippen LogP contribution in [0.3, 0.4) is 0 Å². The lowest BCUT2D eigenvalue weighted by Crippen LogP contribution is -2.36. The Morgan fingerprint density at radius 2 is 1.61 bits per heavy atom. The average Bonchev–Trinajstić information content (AvgIpc) is 2.70. The monoisotopic (exact) mass is 415 g/mol. The van der Waals surface area contributed by atoms with Gasteiger partial charge < -0.3 is 15.5 Å². The number of carbonyl (C=O) groups excluding carboxylic acids is 2. The summed E-state index contributed by atoms with van der Waals surface area (Å²) >= 11 is 11.0. The molecule has 2 N–H and O–H groups in total. The molecule has 1 aliphatic rings. The predicted molar refractivity (Wildman–Crippen MR) is 116 cm³/mol. The summed E-state index contributed by atoms with van der Waals surface area (Å²) in [5.41, 5.74) is 2.22. The van der Waals surface area contributed by atoms with E-state index in [0.29, 0.717) is 16.3 Å². The third-order valence-corrected chi connectivity index (χ3v) is 5.02. The first kappa shape index (κ1) is 20.3. The maximum Gasteiger partial charge on any atom is 0.253 e. The topological polar surface area (TPSA) is 61.4 Å². The third-order valence-electron chi connectivity index (χ3n) is 4.56. The Bertz CT molecular complexity index is 847. The van der Waals surface area contributed by atoms with Crippen molar-refractivity contribution in [3.8, 4) is 0 Å². The highest BCUT2D eigenvalue weighted by Gasteiger charge is 2.18. The molecule has 7 heteroatoms. The van der Waals surface area contributed by atoms with Crippen LogP contribution in [-0.4, -0.2) is 34.9 Å². The number of likely N-dealkylation sites (tertiary alicyclic amines) is 1. The van der Waals surface area contributed by atoms with Crippen LogP contribution in [0.25, 0.3) is 0 Å². The minimum atomic E-state index is -0.211. The van der Waals surface area contributed by atoms with Gasteiger partial charge in [-0.3, -0.25) is 9.59 Å². The lowest BCUT2D eigenvalue weighted by atomic mass is 10.1. The lowest BCUT2D eigenvalue weighted by Gasteiger charge is -2.26. The van der Waals surface area contributed by atoms with Crippen molar-refractivity contribution in [2.45, 2.75) is 25.7 Å². The van der Waals surface area contributed by atoms with Gasteiger partial charge in [-0.25, -0.2) is 0 Å². The number of hydrogen-bond acceptors (Lipinski definition) is 3. The number of anilines is 1. The van der Waals surface area contributed by atoms with Crippen LogP contribution in [-0.2, 0) is 11.2 Å². The number of nitrogens with one attached hydrogen (secondary N) is 2. The molecule has 2 aromatic carbocycles. The fourth-order valence-corrected chi connectivity index (χ4v) is 3.45. The highest BCUT2D eigenvalue weighted by atomic mass is 35.5. The number of rotatable bonds is 4. The maximum atomic E-state index is 12.5. The second kappa shape index (κ2) is 9.66. The molecule has 5 nitrogen and oxygen atoms in total. The molecule has 1 fully saturated rings. The maximum absolute atomic E-state index is 12.5. The van der Waals surface area contributed by atoms with Crippen LogP contribution in [0.5, 0.6) is 0 Å². The number of halogens is 1.